The van der Waals surface area contributed by atoms with Crippen molar-refractivity contribution in [1.82, 2.24) is 4.98 Å². The lowest BCUT2D eigenvalue weighted by Gasteiger charge is -2.13. The molecule has 3 nitrogen and oxygen atoms in total. The predicted octanol–water partition coefficient (Wildman–Crippen LogP) is 2.86. The predicted molar refractivity (Wildman–Crippen MR) is 46.1 cm³/mol. The lowest BCUT2D eigenvalue weighted by molar-refractivity contribution is -0.142. The third-order valence-electron chi connectivity index (χ3n) is 1.88. The number of alkyl halides is 5. The molecule has 0 spiro atoms. The van der Waals surface area contributed by atoms with Crippen molar-refractivity contribution in [2.75, 3.05) is 7.11 Å². The Morgan fingerprint density at radius 1 is 1.41 bits per heavy atom. The summed E-state index contributed by atoms with van der Waals surface area (Å²) in [5, 5.41) is 0. The van der Waals surface area contributed by atoms with Crippen molar-refractivity contribution in [3.63, 3.8) is 0 Å². The molecular formula is C9H6F5NO2. The number of aromatic nitrogens is 1. The highest BCUT2D eigenvalue weighted by Crippen LogP contribution is 2.37. The van der Waals surface area contributed by atoms with E-state index in [1.54, 1.807) is 0 Å². The van der Waals surface area contributed by atoms with Crippen LogP contribution in [-0.2, 0) is 6.18 Å². The van der Waals surface area contributed by atoms with E-state index < -0.39 is 35.3 Å². The van der Waals surface area contributed by atoms with E-state index in [0.29, 0.717) is 6.07 Å². The molecule has 0 aliphatic rings. The smallest absolute Gasteiger partial charge is 0.437 e. The van der Waals surface area contributed by atoms with Crippen molar-refractivity contribution in [2.24, 2.45) is 0 Å². The lowest BCUT2D eigenvalue weighted by Crippen LogP contribution is -2.13. The van der Waals surface area contributed by atoms with Gasteiger partial charge in [-0.15, -0.1) is 0 Å². The number of ether oxygens (including phenoxy) is 1. The molecule has 94 valence electrons. The van der Waals surface area contributed by atoms with Gasteiger partial charge in [0.15, 0.2) is 12.0 Å². The molecule has 1 rings (SSSR count). The van der Waals surface area contributed by atoms with Crippen LogP contribution in [0.25, 0.3) is 0 Å². The van der Waals surface area contributed by atoms with Crippen LogP contribution in [0, 0.1) is 0 Å². The fourth-order valence-corrected chi connectivity index (χ4v) is 1.15. The zero-order chi connectivity index (χ0) is 13.2. The van der Waals surface area contributed by atoms with Gasteiger partial charge in [0, 0.05) is 0 Å². The molecule has 0 amide bonds. The van der Waals surface area contributed by atoms with E-state index in [9.17, 15) is 26.7 Å². The van der Waals surface area contributed by atoms with Gasteiger partial charge >= 0.3 is 6.18 Å². The molecule has 0 bridgehead atoms. The number of pyridine rings is 1. The quantitative estimate of drug-likeness (QED) is 0.615. The van der Waals surface area contributed by atoms with Gasteiger partial charge in [-0.2, -0.15) is 13.2 Å². The fourth-order valence-electron chi connectivity index (χ4n) is 1.15. The number of carbonyl (C=O) groups excluding carboxylic acids is 1. The number of methoxy groups -OCH3 is 1. The van der Waals surface area contributed by atoms with E-state index in [0.717, 1.165) is 7.11 Å². The Hall–Kier alpha value is -1.73. The molecule has 0 fully saturated rings. The number of hydrogen-bond acceptors (Lipinski definition) is 3. The van der Waals surface area contributed by atoms with Gasteiger partial charge in [0.05, 0.1) is 12.7 Å². The number of halogens is 5. The summed E-state index contributed by atoms with van der Waals surface area (Å²) in [4.78, 5) is 13.3. The third kappa shape index (κ3) is 2.69. The molecule has 0 aromatic carbocycles. The summed E-state index contributed by atoms with van der Waals surface area (Å²) in [6.07, 6.45) is -8.15. The average Bonchev–Trinajstić information content (AvgIpc) is 2.25. The zero-order valence-electron chi connectivity index (χ0n) is 8.39. The number of nitrogens with zero attached hydrogens (tertiary/aromatic N) is 1. The monoisotopic (exact) mass is 255 g/mol. The molecule has 1 aromatic heterocycles. The molecule has 0 N–H and O–H groups in total. The van der Waals surface area contributed by atoms with E-state index in [1.807, 2.05) is 0 Å². The molecule has 1 heterocycles. The SMILES string of the molecule is COc1cc(C(F)F)c(C=O)nc1C(F)(F)F. The highest BCUT2D eigenvalue weighted by molar-refractivity contribution is 5.75. The second kappa shape index (κ2) is 4.64. The van der Waals surface area contributed by atoms with Crippen molar-refractivity contribution in [2.45, 2.75) is 12.6 Å². The molecule has 0 saturated carbocycles. The minimum atomic E-state index is -4.89. The largest absolute Gasteiger partial charge is 0.494 e. The summed E-state index contributed by atoms with van der Waals surface area (Å²) >= 11 is 0. The van der Waals surface area contributed by atoms with Crippen LogP contribution < -0.4 is 4.74 Å². The second-order valence-electron chi connectivity index (χ2n) is 2.93. The Bertz CT molecular complexity index is 430. The van der Waals surface area contributed by atoms with Crippen molar-refractivity contribution >= 4 is 6.29 Å². The van der Waals surface area contributed by atoms with Crippen molar-refractivity contribution in [1.29, 1.82) is 0 Å². The molecule has 8 heteroatoms. The summed E-state index contributed by atoms with van der Waals surface area (Å²) in [5.41, 5.74) is -3.36. The Morgan fingerprint density at radius 2 is 2.00 bits per heavy atom. The van der Waals surface area contributed by atoms with Gasteiger partial charge in [-0.25, -0.2) is 13.8 Å². The van der Waals surface area contributed by atoms with Crippen LogP contribution >= 0.6 is 0 Å². The van der Waals surface area contributed by atoms with Crippen LogP contribution in [0.3, 0.4) is 0 Å². The van der Waals surface area contributed by atoms with Gasteiger partial charge in [0.2, 0.25) is 0 Å². The first kappa shape index (κ1) is 13.3. The van der Waals surface area contributed by atoms with Gasteiger partial charge in [0.1, 0.15) is 11.4 Å². The maximum atomic E-state index is 12.4. The molecule has 0 aliphatic carbocycles. The fraction of sp³-hybridized carbons (Fsp3) is 0.333. The van der Waals surface area contributed by atoms with Crippen LogP contribution in [0.2, 0.25) is 0 Å². The van der Waals surface area contributed by atoms with Gasteiger partial charge in [-0.3, -0.25) is 4.79 Å². The lowest BCUT2D eigenvalue weighted by atomic mass is 10.1. The molecule has 0 aliphatic heterocycles. The minimum absolute atomic E-state index is 0.157. The van der Waals surface area contributed by atoms with Crippen LogP contribution in [0.15, 0.2) is 6.07 Å². The van der Waals surface area contributed by atoms with E-state index in [1.165, 1.54) is 0 Å². The van der Waals surface area contributed by atoms with Crippen molar-refractivity contribution in [3.05, 3.63) is 23.0 Å². The summed E-state index contributed by atoms with van der Waals surface area (Å²) in [5.74, 6) is -0.849. The summed E-state index contributed by atoms with van der Waals surface area (Å²) in [6.45, 7) is 0. The van der Waals surface area contributed by atoms with E-state index in [2.05, 4.69) is 9.72 Å². The maximum absolute atomic E-state index is 12.4. The van der Waals surface area contributed by atoms with E-state index in [4.69, 9.17) is 0 Å². The average molecular weight is 255 g/mol. The topological polar surface area (TPSA) is 39.2 Å². The summed E-state index contributed by atoms with van der Waals surface area (Å²) < 4.78 is 66.5. The highest BCUT2D eigenvalue weighted by atomic mass is 19.4. The Labute approximate surface area is 92.2 Å². The molecule has 17 heavy (non-hydrogen) atoms. The molecule has 0 atom stereocenters. The van der Waals surface area contributed by atoms with Gasteiger partial charge in [-0.1, -0.05) is 0 Å². The summed E-state index contributed by atoms with van der Waals surface area (Å²) in [7, 11) is 0.891. The highest BCUT2D eigenvalue weighted by Gasteiger charge is 2.38. The number of hydrogen-bond donors (Lipinski definition) is 0. The Kier molecular flexibility index (Phi) is 3.64. The van der Waals surface area contributed by atoms with Gasteiger partial charge < -0.3 is 4.74 Å². The van der Waals surface area contributed by atoms with Crippen LogP contribution in [0.4, 0.5) is 22.0 Å². The molecule has 0 radical (unpaired) electrons. The third-order valence-corrected chi connectivity index (χ3v) is 1.88. The van der Waals surface area contributed by atoms with E-state index >= 15 is 0 Å². The Balaban J connectivity index is 3.49. The first-order chi connectivity index (χ1) is 7.81. The molecule has 1 aromatic rings. The van der Waals surface area contributed by atoms with Crippen LogP contribution in [-0.4, -0.2) is 18.4 Å². The summed E-state index contributed by atoms with van der Waals surface area (Å²) in [6, 6.07) is 0.463. The van der Waals surface area contributed by atoms with Crippen molar-refractivity contribution < 1.29 is 31.5 Å². The van der Waals surface area contributed by atoms with Gasteiger partial charge in [0.25, 0.3) is 6.43 Å². The first-order valence-corrected chi connectivity index (χ1v) is 4.20. The van der Waals surface area contributed by atoms with E-state index in [-0.39, 0.29) is 6.29 Å². The standard InChI is InChI=1S/C9H6F5NO2/c1-17-6-2-4(8(10)11)5(3-16)15-7(6)9(12,13)14/h2-3,8H,1H3. The van der Waals surface area contributed by atoms with Crippen LogP contribution in [0.1, 0.15) is 28.2 Å². The number of rotatable bonds is 3. The van der Waals surface area contributed by atoms with Crippen molar-refractivity contribution in [3.8, 4) is 5.75 Å². The molecular weight excluding hydrogens is 249 g/mol. The normalized spacial score (nSPS) is 11.7. The minimum Gasteiger partial charge on any atom is -0.494 e. The van der Waals surface area contributed by atoms with Gasteiger partial charge in [-0.05, 0) is 6.07 Å². The van der Waals surface area contributed by atoms with Crippen LogP contribution in [0.5, 0.6) is 5.75 Å². The Morgan fingerprint density at radius 3 is 2.35 bits per heavy atom. The molecule has 0 unspecified atom stereocenters. The molecule has 0 saturated heterocycles. The second-order valence-corrected chi connectivity index (χ2v) is 2.93. The number of aldehydes is 1. The number of carbonyl (C=O) groups is 1. The zero-order valence-corrected chi connectivity index (χ0v) is 8.39. The maximum Gasteiger partial charge on any atom is 0.437 e. The first-order valence-electron chi connectivity index (χ1n) is 4.20.